The molecule has 0 aliphatic heterocycles. The maximum Gasteiger partial charge on any atom is 0.248 e. The quantitative estimate of drug-likeness (QED) is 0.686. The Morgan fingerprint density at radius 1 is 1.22 bits per heavy atom. The van der Waals surface area contributed by atoms with Crippen molar-refractivity contribution in [1.29, 1.82) is 0 Å². The second kappa shape index (κ2) is 6.53. The van der Waals surface area contributed by atoms with Crippen LogP contribution in [0.25, 0.3) is 11.0 Å². The average Bonchev–Trinajstić information content (AvgIpc) is 2.55. The molecule has 0 atom stereocenters. The van der Waals surface area contributed by atoms with Crippen molar-refractivity contribution in [3.63, 3.8) is 0 Å². The molecule has 0 fully saturated rings. The molecule has 114 valence electrons. The van der Waals surface area contributed by atoms with Gasteiger partial charge in [-0.05, 0) is 36.4 Å². The summed E-state index contributed by atoms with van der Waals surface area (Å²) in [5, 5.41) is 5.83. The van der Waals surface area contributed by atoms with Crippen LogP contribution in [0.5, 0.6) is 0 Å². The fraction of sp³-hybridized carbons (Fsp3) is 0. The molecule has 0 bridgehead atoms. The number of pyridine rings is 1. The van der Waals surface area contributed by atoms with E-state index < -0.39 is 0 Å². The van der Waals surface area contributed by atoms with Crippen LogP contribution in [0.2, 0.25) is 0 Å². The van der Waals surface area contributed by atoms with Gasteiger partial charge in [0.25, 0.3) is 0 Å². The Hall–Kier alpha value is -2.80. The molecule has 0 saturated carbocycles. The topological polar surface area (TPSA) is 79.8 Å². The number of hydrogen-bond acceptors (Lipinski definition) is 5. The lowest BCUT2D eigenvalue weighted by atomic mass is 10.3. The van der Waals surface area contributed by atoms with Crippen molar-refractivity contribution in [3.8, 4) is 0 Å². The number of halogens is 1. The molecule has 3 aromatic rings. The maximum atomic E-state index is 11.4. The van der Waals surface area contributed by atoms with E-state index in [0.717, 1.165) is 10.2 Å². The molecule has 2 heterocycles. The lowest BCUT2D eigenvalue weighted by Crippen LogP contribution is -2.09. The molecule has 0 saturated heterocycles. The number of nitrogens with zero attached hydrogens (tertiary/aromatic N) is 3. The monoisotopic (exact) mass is 369 g/mol. The Labute approximate surface area is 140 Å². The number of amides is 1. The second-order valence-corrected chi connectivity index (χ2v) is 5.53. The number of hydrogen-bond donors (Lipinski definition) is 2. The predicted molar refractivity (Wildman–Crippen MR) is 93.6 cm³/mol. The van der Waals surface area contributed by atoms with E-state index in [1.54, 1.807) is 12.1 Å². The molecule has 2 aromatic heterocycles. The van der Waals surface area contributed by atoms with Gasteiger partial charge < -0.3 is 10.6 Å². The molecule has 0 unspecified atom stereocenters. The summed E-state index contributed by atoms with van der Waals surface area (Å²) in [6, 6.07) is 11.1. The third-order valence-electron chi connectivity index (χ3n) is 3.01. The SMILES string of the molecule is C=CC(=O)Nc1ccc2ncnc(Nc3cccc(Br)c3)c2n1. The summed E-state index contributed by atoms with van der Waals surface area (Å²) in [6.07, 6.45) is 2.65. The summed E-state index contributed by atoms with van der Waals surface area (Å²) < 4.78 is 0.952. The van der Waals surface area contributed by atoms with Gasteiger partial charge >= 0.3 is 0 Å². The first-order valence-corrected chi connectivity index (χ1v) is 7.53. The summed E-state index contributed by atoms with van der Waals surface area (Å²) in [5.41, 5.74) is 2.10. The van der Waals surface area contributed by atoms with Crippen LogP contribution in [0.1, 0.15) is 0 Å². The van der Waals surface area contributed by atoms with E-state index in [1.165, 1.54) is 12.4 Å². The fourth-order valence-electron chi connectivity index (χ4n) is 1.98. The van der Waals surface area contributed by atoms with Crippen molar-refractivity contribution in [2.24, 2.45) is 0 Å². The Balaban J connectivity index is 2.00. The van der Waals surface area contributed by atoms with Gasteiger partial charge in [0.2, 0.25) is 5.91 Å². The van der Waals surface area contributed by atoms with E-state index in [0.29, 0.717) is 22.7 Å². The Morgan fingerprint density at radius 3 is 2.87 bits per heavy atom. The number of rotatable bonds is 4. The summed E-state index contributed by atoms with van der Waals surface area (Å²) in [6.45, 7) is 3.42. The summed E-state index contributed by atoms with van der Waals surface area (Å²) in [5.74, 6) is 0.646. The molecule has 0 aliphatic carbocycles. The van der Waals surface area contributed by atoms with Gasteiger partial charge in [0.15, 0.2) is 5.82 Å². The highest BCUT2D eigenvalue weighted by molar-refractivity contribution is 9.10. The van der Waals surface area contributed by atoms with Crippen molar-refractivity contribution in [1.82, 2.24) is 15.0 Å². The third kappa shape index (κ3) is 3.51. The van der Waals surface area contributed by atoms with Gasteiger partial charge in [-0.3, -0.25) is 4.79 Å². The van der Waals surface area contributed by atoms with Crippen molar-refractivity contribution in [2.75, 3.05) is 10.6 Å². The first-order chi connectivity index (χ1) is 11.2. The number of carbonyl (C=O) groups excluding carboxylic acids is 1. The van der Waals surface area contributed by atoms with E-state index in [2.05, 4.69) is 48.1 Å². The van der Waals surface area contributed by atoms with E-state index >= 15 is 0 Å². The zero-order valence-electron chi connectivity index (χ0n) is 12.0. The van der Waals surface area contributed by atoms with Crippen LogP contribution >= 0.6 is 15.9 Å². The van der Waals surface area contributed by atoms with Crippen molar-refractivity contribution < 1.29 is 4.79 Å². The van der Waals surface area contributed by atoms with Crippen LogP contribution in [0.4, 0.5) is 17.3 Å². The van der Waals surface area contributed by atoms with Gasteiger partial charge in [0.1, 0.15) is 17.7 Å². The van der Waals surface area contributed by atoms with Gasteiger partial charge in [0, 0.05) is 10.2 Å². The minimum atomic E-state index is -0.324. The molecule has 0 aliphatic rings. The summed E-state index contributed by atoms with van der Waals surface area (Å²) >= 11 is 3.43. The minimum absolute atomic E-state index is 0.324. The predicted octanol–water partition coefficient (Wildman–Crippen LogP) is 3.66. The van der Waals surface area contributed by atoms with Crippen LogP contribution in [0.3, 0.4) is 0 Å². The van der Waals surface area contributed by atoms with E-state index in [1.807, 2.05) is 24.3 Å². The number of carbonyl (C=O) groups is 1. The highest BCUT2D eigenvalue weighted by Crippen LogP contribution is 2.24. The normalized spacial score (nSPS) is 10.3. The zero-order valence-corrected chi connectivity index (χ0v) is 13.5. The molecule has 6 nitrogen and oxygen atoms in total. The second-order valence-electron chi connectivity index (χ2n) is 4.62. The number of benzene rings is 1. The highest BCUT2D eigenvalue weighted by atomic mass is 79.9. The van der Waals surface area contributed by atoms with Crippen molar-refractivity contribution >= 4 is 50.2 Å². The van der Waals surface area contributed by atoms with Gasteiger partial charge in [-0.1, -0.05) is 28.6 Å². The Kier molecular flexibility index (Phi) is 4.29. The van der Waals surface area contributed by atoms with Crippen molar-refractivity contribution in [2.45, 2.75) is 0 Å². The fourth-order valence-corrected chi connectivity index (χ4v) is 2.38. The number of aromatic nitrogens is 3. The van der Waals surface area contributed by atoms with E-state index in [4.69, 9.17) is 0 Å². The average molecular weight is 370 g/mol. The molecule has 3 rings (SSSR count). The van der Waals surface area contributed by atoms with Gasteiger partial charge in [-0.15, -0.1) is 0 Å². The molecule has 0 spiro atoms. The third-order valence-corrected chi connectivity index (χ3v) is 3.50. The van der Waals surface area contributed by atoms with Crippen LogP contribution in [-0.2, 0) is 4.79 Å². The number of fused-ring (bicyclic) bond motifs is 1. The van der Waals surface area contributed by atoms with E-state index in [-0.39, 0.29) is 5.91 Å². The standard InChI is InChI=1S/C16H12BrN5O/c1-2-14(23)21-13-7-6-12-15(22-13)16(19-9-18-12)20-11-5-3-4-10(17)8-11/h2-9H,1H2,(H,18,19,20)(H,21,22,23). The van der Waals surface area contributed by atoms with Crippen molar-refractivity contribution in [3.05, 3.63) is 59.9 Å². The van der Waals surface area contributed by atoms with Gasteiger partial charge in [-0.2, -0.15) is 0 Å². The van der Waals surface area contributed by atoms with Crippen LogP contribution in [-0.4, -0.2) is 20.9 Å². The van der Waals surface area contributed by atoms with Crippen LogP contribution in [0.15, 0.2) is 59.9 Å². The molecular weight excluding hydrogens is 358 g/mol. The van der Waals surface area contributed by atoms with Crippen LogP contribution in [0, 0.1) is 0 Å². The lowest BCUT2D eigenvalue weighted by molar-refractivity contribution is -0.111. The molecule has 7 heteroatoms. The molecule has 1 aromatic carbocycles. The maximum absolute atomic E-state index is 11.4. The first-order valence-electron chi connectivity index (χ1n) is 6.73. The summed E-state index contributed by atoms with van der Waals surface area (Å²) in [4.78, 5) is 24.2. The Morgan fingerprint density at radius 2 is 2.09 bits per heavy atom. The molecule has 23 heavy (non-hydrogen) atoms. The molecular formula is C16H12BrN5O. The van der Waals surface area contributed by atoms with Gasteiger partial charge in [-0.25, -0.2) is 15.0 Å². The number of nitrogens with one attached hydrogen (secondary N) is 2. The van der Waals surface area contributed by atoms with Gasteiger partial charge in [0.05, 0.1) is 5.52 Å². The largest absolute Gasteiger partial charge is 0.338 e. The van der Waals surface area contributed by atoms with E-state index in [9.17, 15) is 4.79 Å². The zero-order chi connectivity index (χ0) is 16.2. The lowest BCUT2D eigenvalue weighted by Gasteiger charge is -2.09. The Bertz CT molecular complexity index is 897. The molecule has 1 amide bonds. The smallest absolute Gasteiger partial charge is 0.248 e. The highest BCUT2D eigenvalue weighted by Gasteiger charge is 2.08. The minimum Gasteiger partial charge on any atom is -0.338 e. The molecule has 0 radical (unpaired) electrons. The molecule has 2 N–H and O–H groups in total. The number of anilines is 3. The summed E-state index contributed by atoms with van der Waals surface area (Å²) in [7, 11) is 0. The first kappa shape index (κ1) is 15.1. The van der Waals surface area contributed by atoms with Crippen LogP contribution < -0.4 is 10.6 Å².